The molecule has 168 valence electrons. The Balaban J connectivity index is 1.60. The highest BCUT2D eigenvalue weighted by molar-refractivity contribution is 7.89. The van der Waals surface area contributed by atoms with E-state index in [0.29, 0.717) is 44.8 Å². The number of ether oxygens (including phenoxy) is 1. The van der Waals surface area contributed by atoms with Gasteiger partial charge in [-0.15, -0.1) is 0 Å². The first-order valence-corrected chi connectivity index (χ1v) is 13.4. The van der Waals surface area contributed by atoms with E-state index < -0.39 is 20.0 Å². The van der Waals surface area contributed by atoms with E-state index in [1.54, 1.807) is 17.0 Å². The van der Waals surface area contributed by atoms with Crippen molar-refractivity contribution in [2.75, 3.05) is 52.1 Å². The lowest BCUT2D eigenvalue weighted by molar-refractivity contribution is -0.137. The monoisotopic (exact) mass is 459 g/mol. The molecule has 0 spiro atoms. The summed E-state index contributed by atoms with van der Waals surface area (Å²) in [6.07, 6.45) is 2.45. The minimum Gasteiger partial charge on any atom is -0.494 e. The van der Waals surface area contributed by atoms with Gasteiger partial charge in [0.15, 0.2) is 0 Å². The molecule has 3 rings (SSSR count). The summed E-state index contributed by atoms with van der Waals surface area (Å²) < 4.78 is 57.5. The number of hydrogen-bond donors (Lipinski definition) is 0. The molecule has 11 heteroatoms. The summed E-state index contributed by atoms with van der Waals surface area (Å²) in [5, 5.41) is 0. The van der Waals surface area contributed by atoms with Gasteiger partial charge in [0.1, 0.15) is 5.75 Å². The molecule has 1 aromatic carbocycles. The second-order valence-electron chi connectivity index (χ2n) is 7.59. The zero-order valence-corrected chi connectivity index (χ0v) is 19.0. The standard InChI is InChI=1S/C19H29N3O6S2/c1-3-28-17-6-8-18(9-7-17)30(26,27)21-13-11-20(12-14-21)19(23)16-5-4-10-22(15-16)29(2,24)25/h6-9,16H,3-5,10-15H2,1-2H3. The van der Waals surface area contributed by atoms with Crippen LogP contribution in [0.1, 0.15) is 19.8 Å². The van der Waals surface area contributed by atoms with Crippen LogP contribution in [0.5, 0.6) is 5.75 Å². The second kappa shape index (κ2) is 9.21. The van der Waals surface area contributed by atoms with Crippen LogP contribution in [-0.2, 0) is 24.8 Å². The molecule has 0 radical (unpaired) electrons. The van der Waals surface area contributed by atoms with Crippen molar-refractivity contribution in [3.8, 4) is 5.75 Å². The van der Waals surface area contributed by atoms with Gasteiger partial charge in [0, 0.05) is 39.3 Å². The number of carbonyl (C=O) groups excluding carboxylic acids is 1. The molecule has 2 fully saturated rings. The lowest BCUT2D eigenvalue weighted by Crippen LogP contribution is -2.53. The first-order valence-electron chi connectivity index (χ1n) is 10.1. The minimum absolute atomic E-state index is 0.0959. The third-order valence-electron chi connectivity index (χ3n) is 5.53. The fourth-order valence-corrected chi connectivity index (χ4v) is 6.21. The summed E-state index contributed by atoms with van der Waals surface area (Å²) in [6, 6.07) is 6.32. The summed E-state index contributed by atoms with van der Waals surface area (Å²) in [4.78, 5) is 14.7. The molecule has 1 atom stereocenters. The number of benzene rings is 1. The Kier molecular flexibility index (Phi) is 7.05. The number of piperidine rings is 1. The number of sulfonamides is 2. The van der Waals surface area contributed by atoms with Crippen molar-refractivity contribution >= 4 is 26.0 Å². The molecule has 1 unspecified atom stereocenters. The van der Waals surface area contributed by atoms with E-state index in [9.17, 15) is 21.6 Å². The average Bonchev–Trinajstić information content (AvgIpc) is 2.73. The fraction of sp³-hybridized carbons (Fsp3) is 0.632. The van der Waals surface area contributed by atoms with Crippen molar-refractivity contribution in [1.29, 1.82) is 0 Å². The molecule has 9 nitrogen and oxygen atoms in total. The van der Waals surface area contributed by atoms with Gasteiger partial charge in [-0.05, 0) is 44.0 Å². The number of hydrogen-bond acceptors (Lipinski definition) is 6. The Morgan fingerprint density at radius 3 is 2.20 bits per heavy atom. The maximum atomic E-state index is 12.9. The van der Waals surface area contributed by atoms with Crippen LogP contribution in [0.15, 0.2) is 29.2 Å². The van der Waals surface area contributed by atoms with Crippen LogP contribution < -0.4 is 4.74 Å². The van der Waals surface area contributed by atoms with Crippen molar-refractivity contribution in [1.82, 2.24) is 13.5 Å². The number of carbonyl (C=O) groups is 1. The van der Waals surface area contributed by atoms with Gasteiger partial charge in [-0.2, -0.15) is 4.31 Å². The van der Waals surface area contributed by atoms with Crippen molar-refractivity contribution < 1.29 is 26.4 Å². The molecule has 0 aliphatic carbocycles. The molecule has 1 amide bonds. The van der Waals surface area contributed by atoms with E-state index in [2.05, 4.69) is 0 Å². The van der Waals surface area contributed by atoms with Gasteiger partial charge in [-0.3, -0.25) is 4.79 Å². The molecule has 0 bridgehead atoms. The van der Waals surface area contributed by atoms with E-state index in [1.807, 2.05) is 6.92 Å². The topological polar surface area (TPSA) is 104 Å². The molecular formula is C19H29N3O6S2. The molecule has 0 saturated carbocycles. The molecule has 2 heterocycles. The summed E-state index contributed by atoms with van der Waals surface area (Å²) in [7, 11) is -6.97. The van der Waals surface area contributed by atoms with Gasteiger partial charge in [-0.25, -0.2) is 21.1 Å². The van der Waals surface area contributed by atoms with E-state index in [4.69, 9.17) is 4.74 Å². The predicted octanol–water partition coefficient (Wildman–Crippen LogP) is 0.590. The smallest absolute Gasteiger partial charge is 0.243 e. The second-order valence-corrected chi connectivity index (χ2v) is 11.5. The van der Waals surface area contributed by atoms with Gasteiger partial charge >= 0.3 is 0 Å². The summed E-state index contributed by atoms with van der Waals surface area (Å²) in [6.45, 7) is 4.02. The highest BCUT2D eigenvalue weighted by atomic mass is 32.2. The van der Waals surface area contributed by atoms with Crippen LogP contribution >= 0.6 is 0 Å². The first-order chi connectivity index (χ1) is 14.1. The third kappa shape index (κ3) is 5.13. The van der Waals surface area contributed by atoms with Gasteiger partial charge in [0.25, 0.3) is 0 Å². The zero-order chi connectivity index (χ0) is 21.9. The normalized spacial score (nSPS) is 22.1. The maximum absolute atomic E-state index is 12.9. The average molecular weight is 460 g/mol. The van der Waals surface area contributed by atoms with Crippen LogP contribution in [0, 0.1) is 5.92 Å². The predicted molar refractivity (Wildman–Crippen MR) is 112 cm³/mol. The summed E-state index contributed by atoms with van der Waals surface area (Å²) in [5.41, 5.74) is 0. The van der Waals surface area contributed by atoms with E-state index in [-0.39, 0.29) is 36.4 Å². The quantitative estimate of drug-likeness (QED) is 0.617. The van der Waals surface area contributed by atoms with Crippen molar-refractivity contribution in [3.05, 3.63) is 24.3 Å². The van der Waals surface area contributed by atoms with Gasteiger partial charge in [-0.1, -0.05) is 0 Å². The fourth-order valence-electron chi connectivity index (χ4n) is 3.88. The first kappa shape index (κ1) is 23.0. The van der Waals surface area contributed by atoms with E-state index >= 15 is 0 Å². The molecule has 30 heavy (non-hydrogen) atoms. The lowest BCUT2D eigenvalue weighted by Gasteiger charge is -2.38. The largest absolute Gasteiger partial charge is 0.494 e. The number of piperazine rings is 1. The summed E-state index contributed by atoms with van der Waals surface area (Å²) >= 11 is 0. The third-order valence-corrected chi connectivity index (χ3v) is 8.71. The highest BCUT2D eigenvalue weighted by Gasteiger charge is 2.35. The molecule has 2 aliphatic heterocycles. The molecule has 2 saturated heterocycles. The minimum atomic E-state index is -3.64. The number of nitrogens with zero attached hydrogens (tertiary/aromatic N) is 3. The Morgan fingerprint density at radius 2 is 1.63 bits per heavy atom. The Labute approximate surface area is 178 Å². The van der Waals surface area contributed by atoms with Crippen LogP contribution in [0.3, 0.4) is 0 Å². The zero-order valence-electron chi connectivity index (χ0n) is 17.4. The molecular weight excluding hydrogens is 430 g/mol. The Hall–Kier alpha value is -1.69. The van der Waals surface area contributed by atoms with Crippen LogP contribution in [0.4, 0.5) is 0 Å². The van der Waals surface area contributed by atoms with Crippen molar-refractivity contribution in [2.24, 2.45) is 5.92 Å². The van der Waals surface area contributed by atoms with E-state index in [0.717, 1.165) is 6.26 Å². The van der Waals surface area contributed by atoms with Crippen LogP contribution in [0.25, 0.3) is 0 Å². The van der Waals surface area contributed by atoms with Crippen LogP contribution in [0.2, 0.25) is 0 Å². The SMILES string of the molecule is CCOc1ccc(S(=O)(=O)N2CCN(C(=O)C3CCCN(S(C)(=O)=O)C3)CC2)cc1. The maximum Gasteiger partial charge on any atom is 0.243 e. The van der Waals surface area contributed by atoms with Gasteiger partial charge in [0.05, 0.1) is 23.7 Å². The number of rotatable bonds is 6. The molecule has 0 aromatic heterocycles. The van der Waals surface area contributed by atoms with Crippen LogP contribution in [-0.4, -0.2) is 88.4 Å². The Morgan fingerprint density at radius 1 is 1.00 bits per heavy atom. The number of amides is 1. The van der Waals surface area contributed by atoms with Gasteiger partial charge in [0.2, 0.25) is 26.0 Å². The van der Waals surface area contributed by atoms with Gasteiger partial charge < -0.3 is 9.64 Å². The van der Waals surface area contributed by atoms with Crippen molar-refractivity contribution in [3.63, 3.8) is 0 Å². The summed E-state index contributed by atoms with van der Waals surface area (Å²) in [5.74, 6) is 0.145. The highest BCUT2D eigenvalue weighted by Crippen LogP contribution is 2.24. The van der Waals surface area contributed by atoms with E-state index in [1.165, 1.54) is 20.7 Å². The molecule has 2 aliphatic rings. The lowest BCUT2D eigenvalue weighted by atomic mass is 9.98. The Bertz CT molecular complexity index is 954. The molecule has 1 aromatic rings. The molecule has 0 N–H and O–H groups in total. The van der Waals surface area contributed by atoms with Crippen molar-refractivity contribution in [2.45, 2.75) is 24.7 Å².